The fraction of sp³-hybridized carbons (Fsp3) is 0.222. The SMILES string of the molecule is O=[C]COCc1ccc(Cl)cc1. The van der Waals surface area contributed by atoms with Crippen LogP contribution in [0.15, 0.2) is 24.3 Å². The highest BCUT2D eigenvalue weighted by molar-refractivity contribution is 6.30. The molecule has 0 spiro atoms. The molecule has 0 aliphatic carbocycles. The summed E-state index contributed by atoms with van der Waals surface area (Å²) in [5, 5.41) is 0.695. The molecule has 1 aromatic carbocycles. The molecular weight excluding hydrogens is 176 g/mol. The summed E-state index contributed by atoms with van der Waals surface area (Å²) >= 11 is 5.67. The van der Waals surface area contributed by atoms with E-state index in [-0.39, 0.29) is 6.61 Å². The Morgan fingerprint density at radius 2 is 2.00 bits per heavy atom. The van der Waals surface area contributed by atoms with E-state index in [0.717, 1.165) is 5.56 Å². The Balaban J connectivity index is 2.42. The minimum atomic E-state index is 0.0165. The van der Waals surface area contributed by atoms with E-state index >= 15 is 0 Å². The van der Waals surface area contributed by atoms with E-state index < -0.39 is 0 Å². The van der Waals surface area contributed by atoms with Gasteiger partial charge in [-0.3, -0.25) is 4.79 Å². The van der Waals surface area contributed by atoms with Crippen molar-refractivity contribution in [2.45, 2.75) is 6.61 Å². The van der Waals surface area contributed by atoms with Gasteiger partial charge in [-0.25, -0.2) is 0 Å². The quantitative estimate of drug-likeness (QED) is 0.668. The minimum absolute atomic E-state index is 0.0165. The molecule has 0 heterocycles. The Morgan fingerprint density at radius 1 is 1.33 bits per heavy atom. The van der Waals surface area contributed by atoms with Crippen LogP contribution in [0.2, 0.25) is 5.02 Å². The molecular formula is C9H8ClO2. The predicted molar refractivity (Wildman–Crippen MR) is 46.8 cm³/mol. The Hall–Kier alpha value is -0.860. The molecule has 0 saturated carbocycles. The van der Waals surface area contributed by atoms with Crippen LogP contribution in [0.3, 0.4) is 0 Å². The summed E-state index contributed by atoms with van der Waals surface area (Å²) < 4.78 is 4.94. The molecule has 0 aliphatic rings. The standard InChI is InChI=1S/C9H8ClO2/c10-9-3-1-8(2-4-9)7-12-6-5-11/h1-4H,6-7H2. The van der Waals surface area contributed by atoms with Gasteiger partial charge in [0.2, 0.25) is 6.29 Å². The molecule has 0 unspecified atom stereocenters. The van der Waals surface area contributed by atoms with Crippen molar-refractivity contribution in [1.82, 2.24) is 0 Å². The Labute approximate surface area is 76.1 Å². The second-order valence-electron chi connectivity index (χ2n) is 2.26. The molecule has 1 radical (unpaired) electrons. The highest BCUT2D eigenvalue weighted by Gasteiger charge is 1.92. The third-order valence-corrected chi connectivity index (χ3v) is 1.59. The zero-order chi connectivity index (χ0) is 8.81. The number of hydrogen-bond acceptors (Lipinski definition) is 2. The van der Waals surface area contributed by atoms with Gasteiger partial charge in [0.15, 0.2) is 0 Å². The van der Waals surface area contributed by atoms with Crippen molar-refractivity contribution in [3.8, 4) is 0 Å². The van der Waals surface area contributed by atoms with Gasteiger partial charge in [0, 0.05) is 5.02 Å². The summed E-state index contributed by atoms with van der Waals surface area (Å²) in [5.74, 6) is 0. The molecule has 0 saturated heterocycles. The van der Waals surface area contributed by atoms with Crippen molar-refractivity contribution in [3.63, 3.8) is 0 Å². The summed E-state index contributed by atoms with van der Waals surface area (Å²) in [6.45, 7) is 0.440. The highest BCUT2D eigenvalue weighted by Crippen LogP contribution is 2.09. The number of halogens is 1. The van der Waals surface area contributed by atoms with E-state index in [0.29, 0.717) is 11.6 Å². The van der Waals surface area contributed by atoms with Crippen molar-refractivity contribution in [3.05, 3.63) is 34.9 Å². The summed E-state index contributed by atoms with van der Waals surface area (Å²) in [4.78, 5) is 9.78. The van der Waals surface area contributed by atoms with Crippen LogP contribution < -0.4 is 0 Å². The third kappa shape index (κ3) is 3.03. The van der Waals surface area contributed by atoms with Crippen molar-refractivity contribution >= 4 is 17.9 Å². The van der Waals surface area contributed by atoms with E-state index in [1.54, 1.807) is 18.4 Å². The number of carbonyl (C=O) groups excluding carboxylic acids is 1. The fourth-order valence-corrected chi connectivity index (χ4v) is 0.917. The molecule has 3 heteroatoms. The van der Waals surface area contributed by atoms with Crippen molar-refractivity contribution in [1.29, 1.82) is 0 Å². The largest absolute Gasteiger partial charge is 0.368 e. The number of hydrogen-bond donors (Lipinski definition) is 0. The molecule has 0 aliphatic heterocycles. The van der Waals surface area contributed by atoms with Gasteiger partial charge in [0.05, 0.1) is 6.61 Å². The minimum Gasteiger partial charge on any atom is -0.368 e. The highest BCUT2D eigenvalue weighted by atomic mass is 35.5. The van der Waals surface area contributed by atoms with Crippen LogP contribution in [0.4, 0.5) is 0 Å². The van der Waals surface area contributed by atoms with Gasteiger partial charge >= 0.3 is 0 Å². The Morgan fingerprint density at radius 3 is 2.58 bits per heavy atom. The van der Waals surface area contributed by atoms with E-state index in [1.165, 1.54) is 0 Å². The molecule has 0 atom stereocenters. The predicted octanol–water partition coefficient (Wildman–Crippen LogP) is 1.97. The van der Waals surface area contributed by atoms with Crippen LogP contribution in [-0.4, -0.2) is 12.9 Å². The second kappa shape index (κ2) is 4.91. The van der Waals surface area contributed by atoms with Crippen molar-refractivity contribution < 1.29 is 9.53 Å². The monoisotopic (exact) mass is 183 g/mol. The molecule has 1 rings (SSSR count). The summed E-state index contributed by atoms with van der Waals surface area (Å²) in [5.41, 5.74) is 0.995. The molecule has 12 heavy (non-hydrogen) atoms. The van der Waals surface area contributed by atoms with Gasteiger partial charge in [-0.15, -0.1) is 0 Å². The van der Waals surface area contributed by atoms with Crippen LogP contribution in [0.5, 0.6) is 0 Å². The number of benzene rings is 1. The van der Waals surface area contributed by atoms with E-state index in [4.69, 9.17) is 16.3 Å². The molecule has 0 aromatic heterocycles. The Bertz CT molecular complexity index is 243. The zero-order valence-corrected chi connectivity index (χ0v) is 7.17. The molecule has 0 N–H and O–H groups in total. The summed E-state index contributed by atoms with van der Waals surface area (Å²) in [6, 6.07) is 7.27. The third-order valence-electron chi connectivity index (χ3n) is 1.34. The summed E-state index contributed by atoms with van der Waals surface area (Å²) in [6.07, 6.45) is 1.65. The molecule has 2 nitrogen and oxygen atoms in total. The smallest absolute Gasteiger partial charge is 0.226 e. The zero-order valence-electron chi connectivity index (χ0n) is 6.42. The van der Waals surface area contributed by atoms with Gasteiger partial charge in [0.1, 0.15) is 6.61 Å². The van der Waals surface area contributed by atoms with Crippen molar-refractivity contribution in [2.75, 3.05) is 6.61 Å². The van der Waals surface area contributed by atoms with Crippen molar-refractivity contribution in [2.24, 2.45) is 0 Å². The lowest BCUT2D eigenvalue weighted by Crippen LogP contribution is -1.95. The van der Waals surface area contributed by atoms with Gasteiger partial charge in [-0.1, -0.05) is 23.7 Å². The van der Waals surface area contributed by atoms with Crippen LogP contribution in [0.1, 0.15) is 5.56 Å². The van der Waals surface area contributed by atoms with Gasteiger partial charge in [-0.05, 0) is 17.7 Å². The number of rotatable bonds is 4. The lowest BCUT2D eigenvalue weighted by atomic mass is 10.2. The van der Waals surface area contributed by atoms with Crippen LogP contribution >= 0.6 is 11.6 Å². The lowest BCUT2D eigenvalue weighted by molar-refractivity contribution is 0.156. The molecule has 1 aromatic rings. The molecule has 63 valence electrons. The molecule has 0 bridgehead atoms. The maximum Gasteiger partial charge on any atom is 0.226 e. The topological polar surface area (TPSA) is 26.3 Å². The maximum atomic E-state index is 9.78. The van der Waals surface area contributed by atoms with E-state index in [9.17, 15) is 4.79 Å². The normalized spacial score (nSPS) is 9.75. The molecule has 0 fully saturated rings. The lowest BCUT2D eigenvalue weighted by Gasteiger charge is -1.99. The average Bonchev–Trinajstić information content (AvgIpc) is 2.09. The summed E-state index contributed by atoms with van der Waals surface area (Å²) in [7, 11) is 0. The second-order valence-corrected chi connectivity index (χ2v) is 2.70. The van der Waals surface area contributed by atoms with Crippen LogP contribution in [0, 0.1) is 0 Å². The average molecular weight is 184 g/mol. The first kappa shape index (κ1) is 9.23. The first-order valence-corrected chi connectivity index (χ1v) is 3.88. The first-order valence-electron chi connectivity index (χ1n) is 3.50. The van der Waals surface area contributed by atoms with E-state index in [1.807, 2.05) is 12.1 Å². The van der Waals surface area contributed by atoms with Crippen LogP contribution in [-0.2, 0) is 16.1 Å². The van der Waals surface area contributed by atoms with E-state index in [2.05, 4.69) is 0 Å². The fourth-order valence-electron chi connectivity index (χ4n) is 0.791. The Kier molecular flexibility index (Phi) is 3.77. The first-order chi connectivity index (χ1) is 5.83. The van der Waals surface area contributed by atoms with Gasteiger partial charge in [0.25, 0.3) is 0 Å². The molecule has 0 amide bonds. The van der Waals surface area contributed by atoms with Gasteiger partial charge in [-0.2, -0.15) is 0 Å². The maximum absolute atomic E-state index is 9.78. The van der Waals surface area contributed by atoms with Gasteiger partial charge < -0.3 is 4.74 Å². The van der Waals surface area contributed by atoms with Crippen LogP contribution in [0.25, 0.3) is 0 Å². The number of ether oxygens (including phenoxy) is 1.